The van der Waals surface area contributed by atoms with Crippen LogP contribution in [0.15, 0.2) is 42.6 Å². The molecular weight excluding hydrogens is 342 g/mol. The summed E-state index contributed by atoms with van der Waals surface area (Å²) in [5.74, 6) is 0.323. The minimum absolute atomic E-state index is 0.159. The highest BCUT2D eigenvalue weighted by atomic mass is 35.5. The van der Waals surface area contributed by atoms with Gasteiger partial charge in [0.2, 0.25) is 0 Å². The van der Waals surface area contributed by atoms with Gasteiger partial charge in [-0.05, 0) is 19.1 Å². The lowest BCUT2D eigenvalue weighted by molar-refractivity contribution is 0.0698. The third-order valence-electron chi connectivity index (χ3n) is 3.54. The minimum atomic E-state index is -1.02. The van der Waals surface area contributed by atoms with E-state index in [1.54, 1.807) is 28.9 Å². The fraction of sp³-hybridized carbons (Fsp3) is 0.118. The van der Waals surface area contributed by atoms with Crippen LogP contribution < -0.4 is 10.6 Å². The van der Waals surface area contributed by atoms with Gasteiger partial charge in [-0.2, -0.15) is 5.10 Å². The van der Waals surface area contributed by atoms with Gasteiger partial charge in [-0.15, -0.1) is 0 Å². The summed E-state index contributed by atoms with van der Waals surface area (Å²) >= 11 is 6.20. The molecule has 0 atom stereocenters. The molecule has 0 fully saturated rings. The topological polar surface area (TPSA) is 92.1 Å². The maximum Gasteiger partial charge on any atom is 0.337 e. The second kappa shape index (κ2) is 6.82. The third-order valence-corrected chi connectivity index (χ3v) is 3.84. The maximum atomic E-state index is 11.3. The molecule has 0 unspecified atom stereocenters. The van der Waals surface area contributed by atoms with E-state index in [1.807, 2.05) is 20.0 Å². The average Bonchev–Trinajstić information content (AvgIpc) is 2.88. The molecule has 0 aliphatic carbocycles. The van der Waals surface area contributed by atoms with Gasteiger partial charge < -0.3 is 15.7 Å². The lowest BCUT2D eigenvalue weighted by Crippen LogP contribution is -2.04. The number of rotatable bonds is 5. The Kier molecular flexibility index (Phi) is 4.58. The molecule has 0 saturated heterocycles. The van der Waals surface area contributed by atoms with E-state index in [4.69, 9.17) is 11.6 Å². The van der Waals surface area contributed by atoms with Crippen molar-refractivity contribution in [3.8, 4) is 0 Å². The Hall–Kier alpha value is -3.06. The van der Waals surface area contributed by atoms with Crippen molar-refractivity contribution < 1.29 is 9.90 Å². The van der Waals surface area contributed by atoms with Crippen molar-refractivity contribution in [1.29, 1.82) is 0 Å². The normalized spacial score (nSPS) is 10.5. The second-order valence-electron chi connectivity index (χ2n) is 5.44. The van der Waals surface area contributed by atoms with Gasteiger partial charge in [-0.1, -0.05) is 23.7 Å². The van der Waals surface area contributed by atoms with Crippen LogP contribution >= 0.6 is 11.6 Å². The summed E-state index contributed by atoms with van der Waals surface area (Å²) in [5, 5.41) is 20.1. The Labute approximate surface area is 149 Å². The van der Waals surface area contributed by atoms with Gasteiger partial charge in [0.1, 0.15) is 11.6 Å². The van der Waals surface area contributed by atoms with Crippen molar-refractivity contribution in [2.24, 2.45) is 7.05 Å². The molecule has 7 nitrogen and oxygen atoms in total. The Bertz CT molecular complexity index is 939. The fourth-order valence-corrected chi connectivity index (χ4v) is 2.54. The number of nitrogens with zero attached hydrogens (tertiary/aromatic N) is 3. The summed E-state index contributed by atoms with van der Waals surface area (Å²) in [4.78, 5) is 15.6. The Balaban J connectivity index is 1.90. The van der Waals surface area contributed by atoms with Gasteiger partial charge in [-0.25, -0.2) is 9.78 Å². The quantitative estimate of drug-likeness (QED) is 0.640. The number of benzene rings is 1. The summed E-state index contributed by atoms with van der Waals surface area (Å²) in [6, 6.07) is 10.2. The van der Waals surface area contributed by atoms with Gasteiger partial charge >= 0.3 is 5.97 Å². The molecule has 0 aliphatic heterocycles. The SMILES string of the molecule is Cc1cc(Nc2cc(Nc3ccccc3C(=O)O)c(Cl)cn2)n(C)n1. The number of nitrogens with one attached hydrogen (secondary N) is 2. The second-order valence-corrected chi connectivity index (χ2v) is 5.85. The van der Waals surface area contributed by atoms with E-state index in [0.717, 1.165) is 11.5 Å². The van der Waals surface area contributed by atoms with E-state index in [1.165, 1.54) is 12.3 Å². The molecule has 128 valence electrons. The number of aromatic carboxylic acids is 1. The smallest absolute Gasteiger partial charge is 0.337 e. The number of aryl methyl sites for hydroxylation is 2. The van der Waals surface area contributed by atoms with Crippen molar-refractivity contribution in [3.63, 3.8) is 0 Å². The Morgan fingerprint density at radius 2 is 1.96 bits per heavy atom. The van der Waals surface area contributed by atoms with Crippen LogP contribution in [0.2, 0.25) is 5.02 Å². The van der Waals surface area contributed by atoms with E-state index in [2.05, 4.69) is 20.7 Å². The highest BCUT2D eigenvalue weighted by Gasteiger charge is 2.12. The molecule has 0 amide bonds. The number of hydrogen-bond donors (Lipinski definition) is 3. The number of aromatic nitrogens is 3. The minimum Gasteiger partial charge on any atom is -0.478 e. The number of carbonyl (C=O) groups is 1. The molecule has 2 aromatic heterocycles. The van der Waals surface area contributed by atoms with E-state index < -0.39 is 5.97 Å². The number of para-hydroxylation sites is 1. The largest absolute Gasteiger partial charge is 0.478 e. The summed E-state index contributed by atoms with van der Waals surface area (Å²) < 4.78 is 1.71. The highest BCUT2D eigenvalue weighted by molar-refractivity contribution is 6.33. The third kappa shape index (κ3) is 3.72. The summed E-state index contributed by atoms with van der Waals surface area (Å²) in [6.07, 6.45) is 1.50. The zero-order chi connectivity index (χ0) is 18.0. The monoisotopic (exact) mass is 357 g/mol. The summed E-state index contributed by atoms with van der Waals surface area (Å²) in [5.41, 5.74) is 2.04. The number of pyridine rings is 1. The van der Waals surface area contributed by atoms with Crippen molar-refractivity contribution in [1.82, 2.24) is 14.8 Å². The van der Waals surface area contributed by atoms with E-state index >= 15 is 0 Å². The zero-order valence-corrected chi connectivity index (χ0v) is 14.4. The first-order chi connectivity index (χ1) is 11.9. The van der Waals surface area contributed by atoms with Crippen LogP contribution in [0.25, 0.3) is 0 Å². The first kappa shape index (κ1) is 16.8. The molecule has 0 aliphatic rings. The number of carboxylic acid groups (broad SMARTS) is 1. The number of hydrogen-bond acceptors (Lipinski definition) is 5. The lowest BCUT2D eigenvalue weighted by atomic mass is 10.1. The van der Waals surface area contributed by atoms with Crippen molar-refractivity contribution >= 4 is 40.6 Å². The molecule has 0 spiro atoms. The number of halogens is 1. The predicted molar refractivity (Wildman–Crippen MR) is 97.2 cm³/mol. The van der Waals surface area contributed by atoms with Crippen LogP contribution in [0.3, 0.4) is 0 Å². The van der Waals surface area contributed by atoms with Crippen LogP contribution in [0, 0.1) is 6.92 Å². The zero-order valence-electron chi connectivity index (χ0n) is 13.6. The lowest BCUT2D eigenvalue weighted by Gasteiger charge is -2.13. The van der Waals surface area contributed by atoms with Crippen molar-refractivity contribution in [2.45, 2.75) is 6.92 Å². The molecule has 3 aromatic rings. The maximum absolute atomic E-state index is 11.3. The molecular formula is C17H16ClN5O2. The molecule has 25 heavy (non-hydrogen) atoms. The van der Waals surface area contributed by atoms with Gasteiger partial charge in [-0.3, -0.25) is 4.68 Å². The van der Waals surface area contributed by atoms with Gasteiger partial charge in [0, 0.05) is 19.2 Å². The van der Waals surface area contributed by atoms with E-state index in [-0.39, 0.29) is 5.56 Å². The summed E-state index contributed by atoms with van der Waals surface area (Å²) in [7, 11) is 1.83. The Morgan fingerprint density at radius 3 is 2.64 bits per heavy atom. The first-order valence-electron chi connectivity index (χ1n) is 7.46. The van der Waals surface area contributed by atoms with Gasteiger partial charge in [0.05, 0.1) is 33.9 Å². The molecule has 0 saturated carbocycles. The molecule has 8 heteroatoms. The molecule has 0 bridgehead atoms. The predicted octanol–water partition coefficient (Wildman–Crippen LogP) is 3.96. The molecule has 0 radical (unpaired) electrons. The van der Waals surface area contributed by atoms with Crippen LogP contribution in [-0.4, -0.2) is 25.8 Å². The molecule has 3 rings (SSSR count). The van der Waals surface area contributed by atoms with Crippen molar-refractivity contribution in [3.05, 3.63) is 58.9 Å². The first-order valence-corrected chi connectivity index (χ1v) is 7.84. The highest BCUT2D eigenvalue weighted by Crippen LogP contribution is 2.29. The molecule has 1 aromatic carbocycles. The average molecular weight is 358 g/mol. The number of carboxylic acids is 1. The van der Waals surface area contributed by atoms with Crippen LogP contribution in [0.4, 0.5) is 23.0 Å². The van der Waals surface area contributed by atoms with Crippen LogP contribution in [-0.2, 0) is 7.05 Å². The number of anilines is 4. The Morgan fingerprint density at radius 1 is 1.20 bits per heavy atom. The fourth-order valence-electron chi connectivity index (χ4n) is 2.39. The van der Waals surface area contributed by atoms with Crippen LogP contribution in [0.5, 0.6) is 0 Å². The van der Waals surface area contributed by atoms with E-state index in [9.17, 15) is 9.90 Å². The molecule has 2 heterocycles. The van der Waals surface area contributed by atoms with E-state index in [0.29, 0.717) is 22.2 Å². The van der Waals surface area contributed by atoms with Crippen LogP contribution in [0.1, 0.15) is 16.1 Å². The molecule has 3 N–H and O–H groups in total. The van der Waals surface area contributed by atoms with Crippen molar-refractivity contribution in [2.75, 3.05) is 10.6 Å². The van der Waals surface area contributed by atoms with Gasteiger partial charge in [0.25, 0.3) is 0 Å². The standard InChI is InChI=1S/C17H16ClN5O2/c1-10-7-16(23(2)22-10)21-15-8-14(12(18)9-19-15)20-13-6-4-3-5-11(13)17(24)25/h3-9H,1-2H3,(H,24,25)(H2,19,20,21). The van der Waals surface area contributed by atoms with Gasteiger partial charge in [0.15, 0.2) is 0 Å². The summed E-state index contributed by atoms with van der Waals surface area (Å²) in [6.45, 7) is 1.90.